The van der Waals surface area contributed by atoms with Crippen molar-refractivity contribution in [3.8, 4) is 0 Å². The summed E-state index contributed by atoms with van der Waals surface area (Å²) in [5.74, 6) is 0.685. The summed E-state index contributed by atoms with van der Waals surface area (Å²) in [4.78, 5) is 21.2. The molecule has 1 aliphatic rings. The van der Waals surface area contributed by atoms with E-state index in [1.807, 2.05) is 0 Å². The molecule has 7 nitrogen and oxygen atoms in total. The van der Waals surface area contributed by atoms with Crippen LogP contribution in [-0.4, -0.2) is 48.7 Å². The van der Waals surface area contributed by atoms with Gasteiger partial charge in [-0.15, -0.1) is 0 Å². The Kier molecular flexibility index (Phi) is 9.29. The molecule has 0 radical (unpaired) electrons. The van der Waals surface area contributed by atoms with E-state index < -0.39 is 0 Å². The molecule has 7 heteroatoms. The highest BCUT2D eigenvalue weighted by Gasteiger charge is 2.20. The molecule has 0 unspecified atom stereocenters. The van der Waals surface area contributed by atoms with Gasteiger partial charge in [-0.25, -0.2) is 4.79 Å². The molecule has 0 spiro atoms. The number of nitrogens with one attached hydrogen (secondary N) is 1. The molecule has 0 aromatic heterocycles. The van der Waals surface area contributed by atoms with Crippen molar-refractivity contribution in [3.05, 3.63) is 29.8 Å². The summed E-state index contributed by atoms with van der Waals surface area (Å²) in [5.41, 5.74) is 13.3. The van der Waals surface area contributed by atoms with Crippen molar-refractivity contribution in [2.75, 3.05) is 31.5 Å². The number of likely N-dealkylation sites (tertiary alicyclic amines) is 1. The molecule has 1 aromatic rings. The van der Waals surface area contributed by atoms with Gasteiger partial charge in [0.05, 0.1) is 0 Å². The van der Waals surface area contributed by atoms with Gasteiger partial charge in [0.25, 0.3) is 6.47 Å². The lowest BCUT2D eigenvalue weighted by molar-refractivity contribution is -0.122. The van der Waals surface area contributed by atoms with E-state index >= 15 is 0 Å². The van der Waals surface area contributed by atoms with E-state index in [-0.39, 0.29) is 12.5 Å². The number of nitrogens with zero attached hydrogens (tertiary/aromatic N) is 1. The minimum Gasteiger partial charge on any atom is -0.483 e. The van der Waals surface area contributed by atoms with Gasteiger partial charge in [0.1, 0.15) is 0 Å². The van der Waals surface area contributed by atoms with E-state index in [0.717, 1.165) is 51.0 Å². The zero-order chi connectivity index (χ0) is 17.8. The number of carbonyl (C=O) groups is 2. The topological polar surface area (TPSA) is 122 Å². The largest absolute Gasteiger partial charge is 0.483 e. The van der Waals surface area contributed by atoms with Gasteiger partial charge in [-0.05, 0) is 55.8 Å². The Morgan fingerprint density at radius 2 is 1.88 bits per heavy atom. The maximum Gasteiger partial charge on any atom is 0.314 e. The highest BCUT2D eigenvalue weighted by molar-refractivity contribution is 5.72. The Bertz CT molecular complexity index is 485. The van der Waals surface area contributed by atoms with Crippen molar-refractivity contribution in [2.45, 2.75) is 25.7 Å². The molecule has 0 atom stereocenters. The lowest BCUT2D eigenvalue weighted by Crippen LogP contribution is -2.41. The number of amides is 2. The number of urea groups is 1. The first-order valence-corrected chi connectivity index (χ1v) is 8.25. The SMILES string of the molecule is NCCc1ccc(NCCC2CCN(C(N)=O)CC2)cc1.O=CO. The Balaban J connectivity index is 0.000000891. The second kappa shape index (κ2) is 11.3. The van der Waals surface area contributed by atoms with Crippen LogP contribution in [0.25, 0.3) is 0 Å². The van der Waals surface area contributed by atoms with Gasteiger partial charge in [0.2, 0.25) is 0 Å². The van der Waals surface area contributed by atoms with Crippen LogP contribution >= 0.6 is 0 Å². The lowest BCUT2D eigenvalue weighted by atomic mass is 9.94. The number of benzene rings is 1. The number of hydrogen-bond donors (Lipinski definition) is 4. The molecule has 1 aromatic carbocycles. The normalized spacial score (nSPS) is 14.5. The molecule has 1 aliphatic heterocycles. The van der Waals surface area contributed by atoms with Crippen LogP contribution in [0.2, 0.25) is 0 Å². The second-order valence-corrected chi connectivity index (χ2v) is 5.83. The fourth-order valence-electron chi connectivity index (χ4n) is 2.82. The standard InChI is InChI=1S/C16H26N4O.CH2O2/c17-9-5-13-1-3-15(4-2-13)19-10-6-14-7-11-20(12-8-14)16(18)21;2-1-3/h1-4,14,19H,5-12,17H2,(H2,18,21);1H,(H,2,3). The Hall–Kier alpha value is -2.28. The summed E-state index contributed by atoms with van der Waals surface area (Å²) in [5, 5.41) is 10.3. The summed E-state index contributed by atoms with van der Waals surface area (Å²) in [6.07, 6.45) is 4.18. The number of nitrogens with two attached hydrogens (primary N) is 2. The summed E-state index contributed by atoms with van der Waals surface area (Å²) in [6.45, 7) is 3.01. The van der Waals surface area contributed by atoms with Crippen molar-refractivity contribution in [1.29, 1.82) is 0 Å². The number of carboxylic acid groups (broad SMARTS) is 1. The van der Waals surface area contributed by atoms with Crippen LogP contribution in [0.4, 0.5) is 10.5 Å². The molecular weight excluding hydrogens is 308 g/mol. The number of rotatable bonds is 6. The molecular formula is C17H28N4O3. The smallest absolute Gasteiger partial charge is 0.314 e. The number of hydrogen-bond acceptors (Lipinski definition) is 4. The molecule has 0 saturated carbocycles. The average Bonchev–Trinajstić information content (AvgIpc) is 2.58. The van der Waals surface area contributed by atoms with Gasteiger partial charge < -0.3 is 26.8 Å². The molecule has 0 aliphatic carbocycles. The zero-order valence-electron chi connectivity index (χ0n) is 14.0. The van der Waals surface area contributed by atoms with Gasteiger partial charge in [-0.2, -0.15) is 0 Å². The third-order valence-electron chi connectivity index (χ3n) is 4.19. The summed E-state index contributed by atoms with van der Waals surface area (Å²) in [6, 6.07) is 8.19. The minimum absolute atomic E-state index is 0.250. The van der Waals surface area contributed by atoms with Crippen LogP contribution in [0.5, 0.6) is 0 Å². The van der Waals surface area contributed by atoms with Gasteiger partial charge in [-0.1, -0.05) is 12.1 Å². The highest BCUT2D eigenvalue weighted by atomic mass is 16.3. The first kappa shape index (κ1) is 19.8. The quantitative estimate of drug-likeness (QED) is 0.586. The molecule has 2 amide bonds. The van der Waals surface area contributed by atoms with Crippen LogP contribution in [-0.2, 0) is 11.2 Å². The molecule has 6 N–H and O–H groups in total. The first-order valence-electron chi connectivity index (χ1n) is 8.25. The number of piperidine rings is 1. The van der Waals surface area contributed by atoms with Crippen LogP contribution in [0, 0.1) is 5.92 Å². The van der Waals surface area contributed by atoms with Crippen molar-refractivity contribution >= 4 is 18.2 Å². The molecule has 24 heavy (non-hydrogen) atoms. The van der Waals surface area contributed by atoms with Gasteiger partial charge in [0.15, 0.2) is 0 Å². The summed E-state index contributed by atoms with van der Waals surface area (Å²) in [7, 11) is 0. The van der Waals surface area contributed by atoms with Crippen LogP contribution < -0.4 is 16.8 Å². The van der Waals surface area contributed by atoms with E-state index in [4.69, 9.17) is 21.4 Å². The molecule has 134 valence electrons. The number of carbonyl (C=O) groups excluding carboxylic acids is 1. The zero-order valence-corrected chi connectivity index (χ0v) is 14.0. The first-order chi connectivity index (χ1) is 11.6. The molecule has 1 saturated heterocycles. The molecule has 0 bridgehead atoms. The highest BCUT2D eigenvalue weighted by Crippen LogP contribution is 2.20. The van der Waals surface area contributed by atoms with Crippen LogP contribution in [0.15, 0.2) is 24.3 Å². The molecule has 1 heterocycles. The predicted octanol–water partition coefficient (Wildman–Crippen LogP) is 1.48. The van der Waals surface area contributed by atoms with Crippen molar-refractivity contribution in [3.63, 3.8) is 0 Å². The maximum atomic E-state index is 11.1. The van der Waals surface area contributed by atoms with E-state index in [9.17, 15) is 4.79 Å². The molecule has 2 rings (SSSR count). The fourth-order valence-corrected chi connectivity index (χ4v) is 2.82. The van der Waals surface area contributed by atoms with Crippen molar-refractivity contribution < 1.29 is 14.7 Å². The van der Waals surface area contributed by atoms with E-state index in [2.05, 4.69) is 29.6 Å². The maximum absolute atomic E-state index is 11.1. The number of anilines is 1. The van der Waals surface area contributed by atoms with Gasteiger partial charge in [-0.3, -0.25) is 4.79 Å². The van der Waals surface area contributed by atoms with E-state index in [1.165, 1.54) is 5.56 Å². The number of primary amides is 1. The van der Waals surface area contributed by atoms with E-state index in [0.29, 0.717) is 12.5 Å². The Morgan fingerprint density at radius 3 is 2.38 bits per heavy atom. The van der Waals surface area contributed by atoms with Gasteiger partial charge in [0, 0.05) is 25.3 Å². The monoisotopic (exact) mass is 336 g/mol. The predicted molar refractivity (Wildman–Crippen MR) is 94.9 cm³/mol. The summed E-state index contributed by atoms with van der Waals surface area (Å²) >= 11 is 0. The fraction of sp³-hybridized carbons (Fsp3) is 0.529. The van der Waals surface area contributed by atoms with Crippen LogP contribution in [0.3, 0.4) is 0 Å². The Labute approximate surface area is 143 Å². The third kappa shape index (κ3) is 7.32. The second-order valence-electron chi connectivity index (χ2n) is 5.83. The van der Waals surface area contributed by atoms with Gasteiger partial charge >= 0.3 is 6.03 Å². The molecule has 1 fully saturated rings. The third-order valence-corrected chi connectivity index (χ3v) is 4.19. The average molecular weight is 336 g/mol. The lowest BCUT2D eigenvalue weighted by Gasteiger charge is -2.30. The summed E-state index contributed by atoms with van der Waals surface area (Å²) < 4.78 is 0. The van der Waals surface area contributed by atoms with Crippen molar-refractivity contribution in [2.24, 2.45) is 17.4 Å². The Morgan fingerprint density at radius 1 is 1.29 bits per heavy atom. The van der Waals surface area contributed by atoms with Crippen LogP contribution in [0.1, 0.15) is 24.8 Å². The van der Waals surface area contributed by atoms with Crippen molar-refractivity contribution in [1.82, 2.24) is 4.90 Å². The minimum atomic E-state index is -0.288. The van der Waals surface area contributed by atoms with E-state index in [1.54, 1.807) is 4.90 Å².